The molecule has 6 heteroatoms. The molecular formula is C15H23N3O3. The molecule has 0 unspecified atom stereocenters. The van der Waals surface area contributed by atoms with Crippen LogP contribution in [0, 0.1) is 19.8 Å². The van der Waals surface area contributed by atoms with Crippen molar-refractivity contribution in [2.75, 3.05) is 0 Å². The number of nitrogens with one attached hydrogen (secondary N) is 2. The van der Waals surface area contributed by atoms with E-state index in [1.807, 2.05) is 13.8 Å². The molecule has 1 rings (SSSR count). The summed E-state index contributed by atoms with van der Waals surface area (Å²) in [7, 11) is 0. The molecule has 0 aliphatic heterocycles. The Morgan fingerprint density at radius 3 is 2.19 bits per heavy atom. The van der Waals surface area contributed by atoms with Crippen molar-refractivity contribution < 1.29 is 14.4 Å². The molecule has 6 nitrogen and oxygen atoms in total. The van der Waals surface area contributed by atoms with Gasteiger partial charge >= 0.3 is 0 Å². The van der Waals surface area contributed by atoms with E-state index in [0.29, 0.717) is 28.9 Å². The first kappa shape index (κ1) is 16.9. The quantitative estimate of drug-likeness (QED) is 0.691. The number of hydrogen-bond donors (Lipinski definition) is 3. The van der Waals surface area contributed by atoms with Crippen LogP contribution < -0.4 is 11.1 Å². The largest absolute Gasteiger partial charge is 0.368 e. The van der Waals surface area contributed by atoms with Crippen molar-refractivity contribution in [3.8, 4) is 0 Å². The Morgan fingerprint density at radius 1 is 1.24 bits per heavy atom. The summed E-state index contributed by atoms with van der Waals surface area (Å²) in [6, 6.07) is -0.716. The molecule has 0 aliphatic carbocycles. The summed E-state index contributed by atoms with van der Waals surface area (Å²) in [6.07, 6.45) is 0.475. The van der Waals surface area contributed by atoms with Gasteiger partial charge in [-0.3, -0.25) is 14.4 Å². The molecule has 0 aliphatic rings. The SMILES string of the molecule is CC(=O)c1[nH]c(C)c(C(=O)N[C@H](CC(C)C)C(N)=O)c1C. The molecular weight excluding hydrogens is 270 g/mol. The Hall–Kier alpha value is -2.11. The summed E-state index contributed by atoms with van der Waals surface area (Å²) in [6.45, 7) is 8.75. The number of amides is 2. The maximum atomic E-state index is 12.4. The van der Waals surface area contributed by atoms with Crippen LogP contribution in [0.1, 0.15) is 59.3 Å². The molecule has 0 saturated heterocycles. The van der Waals surface area contributed by atoms with Crippen LogP contribution in [0.25, 0.3) is 0 Å². The zero-order chi connectivity index (χ0) is 16.3. The third kappa shape index (κ3) is 3.93. The number of ketones is 1. The lowest BCUT2D eigenvalue weighted by atomic mass is 10.0. The highest BCUT2D eigenvalue weighted by atomic mass is 16.2. The lowest BCUT2D eigenvalue weighted by molar-refractivity contribution is -0.120. The molecule has 116 valence electrons. The van der Waals surface area contributed by atoms with Crippen LogP contribution in [-0.4, -0.2) is 28.6 Å². The highest BCUT2D eigenvalue weighted by Crippen LogP contribution is 2.18. The van der Waals surface area contributed by atoms with Gasteiger partial charge < -0.3 is 16.0 Å². The minimum absolute atomic E-state index is 0.136. The molecule has 1 atom stereocenters. The van der Waals surface area contributed by atoms with Crippen LogP contribution in [0.3, 0.4) is 0 Å². The van der Waals surface area contributed by atoms with Gasteiger partial charge in [-0.25, -0.2) is 0 Å². The third-order valence-corrected chi connectivity index (χ3v) is 3.37. The fourth-order valence-electron chi connectivity index (χ4n) is 2.39. The van der Waals surface area contributed by atoms with Crippen molar-refractivity contribution in [1.29, 1.82) is 0 Å². The smallest absolute Gasteiger partial charge is 0.254 e. The second-order valence-electron chi connectivity index (χ2n) is 5.74. The molecule has 0 bridgehead atoms. The monoisotopic (exact) mass is 293 g/mol. The Morgan fingerprint density at radius 2 is 1.81 bits per heavy atom. The van der Waals surface area contributed by atoms with E-state index in [1.165, 1.54) is 6.92 Å². The van der Waals surface area contributed by atoms with Gasteiger partial charge in [0.1, 0.15) is 6.04 Å². The predicted octanol–water partition coefficient (Wildman–Crippen LogP) is 1.46. The topological polar surface area (TPSA) is 105 Å². The predicted molar refractivity (Wildman–Crippen MR) is 80.2 cm³/mol. The molecule has 0 saturated carbocycles. The highest BCUT2D eigenvalue weighted by Gasteiger charge is 2.24. The van der Waals surface area contributed by atoms with Crippen molar-refractivity contribution in [2.45, 2.75) is 47.1 Å². The molecule has 1 heterocycles. The van der Waals surface area contributed by atoms with Gasteiger partial charge in [-0.1, -0.05) is 13.8 Å². The van der Waals surface area contributed by atoms with Crippen molar-refractivity contribution in [2.24, 2.45) is 11.7 Å². The van der Waals surface area contributed by atoms with Gasteiger partial charge in [0.15, 0.2) is 5.78 Å². The van der Waals surface area contributed by atoms with Crippen molar-refractivity contribution >= 4 is 17.6 Å². The Labute approximate surface area is 124 Å². The van der Waals surface area contributed by atoms with Gasteiger partial charge in [-0.15, -0.1) is 0 Å². The van der Waals surface area contributed by atoms with Crippen molar-refractivity contribution in [3.05, 3.63) is 22.5 Å². The molecule has 1 aromatic rings. The number of nitrogens with two attached hydrogens (primary N) is 1. The summed E-state index contributed by atoms with van der Waals surface area (Å²) in [5.74, 6) is -0.861. The first-order chi connectivity index (χ1) is 9.65. The molecule has 0 spiro atoms. The van der Waals surface area contributed by atoms with E-state index in [4.69, 9.17) is 5.73 Å². The average Bonchev–Trinajstić information content (AvgIpc) is 2.63. The van der Waals surface area contributed by atoms with E-state index in [2.05, 4.69) is 10.3 Å². The van der Waals surface area contributed by atoms with Crippen molar-refractivity contribution in [1.82, 2.24) is 10.3 Å². The molecule has 0 fully saturated rings. The van der Waals surface area contributed by atoms with E-state index in [0.717, 1.165) is 0 Å². The van der Waals surface area contributed by atoms with E-state index in [1.54, 1.807) is 13.8 Å². The van der Waals surface area contributed by atoms with Crippen molar-refractivity contribution in [3.63, 3.8) is 0 Å². The summed E-state index contributed by atoms with van der Waals surface area (Å²) >= 11 is 0. The number of aromatic amines is 1. The lowest BCUT2D eigenvalue weighted by Crippen LogP contribution is -2.45. The number of Topliss-reactive ketones (excluding diaryl/α,β-unsaturated/α-hetero) is 1. The van der Waals surface area contributed by atoms with Crippen LogP contribution in [-0.2, 0) is 4.79 Å². The fraction of sp³-hybridized carbons (Fsp3) is 0.533. The number of aromatic nitrogens is 1. The number of aryl methyl sites for hydroxylation is 1. The molecule has 1 aromatic heterocycles. The number of carbonyl (C=O) groups is 3. The summed E-state index contributed by atoms with van der Waals surface area (Å²) in [4.78, 5) is 38.2. The van der Waals surface area contributed by atoms with E-state index in [-0.39, 0.29) is 11.7 Å². The molecule has 4 N–H and O–H groups in total. The summed E-state index contributed by atoms with van der Waals surface area (Å²) in [5, 5.41) is 2.65. The standard InChI is InChI=1S/C15H23N3O3/c1-7(2)6-11(14(16)20)18-15(21)12-8(3)13(10(5)19)17-9(12)4/h7,11,17H,6H2,1-5H3,(H2,16,20)(H,18,21)/t11-/m1/s1. The van der Waals surface area contributed by atoms with E-state index < -0.39 is 17.9 Å². The lowest BCUT2D eigenvalue weighted by Gasteiger charge is -2.17. The van der Waals surface area contributed by atoms with Gasteiger partial charge in [0, 0.05) is 12.6 Å². The first-order valence-corrected chi connectivity index (χ1v) is 6.95. The second-order valence-corrected chi connectivity index (χ2v) is 5.74. The highest BCUT2D eigenvalue weighted by molar-refractivity contribution is 6.03. The van der Waals surface area contributed by atoms with Gasteiger partial charge in [0.2, 0.25) is 5.91 Å². The molecule has 2 amide bonds. The first-order valence-electron chi connectivity index (χ1n) is 6.95. The maximum absolute atomic E-state index is 12.4. The number of H-pyrrole nitrogens is 1. The van der Waals surface area contributed by atoms with Gasteiger partial charge in [-0.05, 0) is 31.7 Å². The fourth-order valence-corrected chi connectivity index (χ4v) is 2.39. The Kier molecular flexibility index (Phi) is 5.29. The number of carbonyl (C=O) groups excluding carboxylic acids is 3. The molecule has 0 aromatic carbocycles. The van der Waals surface area contributed by atoms with E-state index >= 15 is 0 Å². The zero-order valence-corrected chi connectivity index (χ0v) is 13.2. The number of hydrogen-bond acceptors (Lipinski definition) is 3. The van der Waals surface area contributed by atoms with Crippen LogP contribution in [0.15, 0.2) is 0 Å². The second kappa shape index (κ2) is 6.56. The Balaban J connectivity index is 3.03. The average molecular weight is 293 g/mol. The Bertz CT molecular complexity index is 573. The molecule has 0 radical (unpaired) electrons. The van der Waals surface area contributed by atoms with Gasteiger partial charge in [0.05, 0.1) is 11.3 Å². The van der Waals surface area contributed by atoms with Gasteiger partial charge in [-0.2, -0.15) is 0 Å². The summed E-state index contributed by atoms with van der Waals surface area (Å²) < 4.78 is 0. The van der Waals surface area contributed by atoms with Crippen LogP contribution in [0.2, 0.25) is 0 Å². The van der Waals surface area contributed by atoms with E-state index in [9.17, 15) is 14.4 Å². The zero-order valence-electron chi connectivity index (χ0n) is 13.2. The molecule has 21 heavy (non-hydrogen) atoms. The van der Waals surface area contributed by atoms with Crippen LogP contribution in [0.4, 0.5) is 0 Å². The number of rotatable bonds is 6. The number of primary amides is 1. The minimum atomic E-state index is -0.716. The van der Waals surface area contributed by atoms with Crippen LogP contribution >= 0.6 is 0 Å². The third-order valence-electron chi connectivity index (χ3n) is 3.37. The maximum Gasteiger partial charge on any atom is 0.254 e. The van der Waals surface area contributed by atoms with Crippen LogP contribution in [0.5, 0.6) is 0 Å². The van der Waals surface area contributed by atoms with Gasteiger partial charge in [0.25, 0.3) is 5.91 Å². The minimum Gasteiger partial charge on any atom is -0.368 e. The normalized spacial score (nSPS) is 12.3. The summed E-state index contributed by atoms with van der Waals surface area (Å²) in [5.41, 5.74) is 7.33.